The molecule has 0 bridgehead atoms. The van der Waals surface area contributed by atoms with Gasteiger partial charge in [0.2, 0.25) is 10.0 Å². The van der Waals surface area contributed by atoms with Crippen LogP contribution < -0.4 is 5.32 Å². The third kappa shape index (κ3) is 5.24. The zero-order chi connectivity index (χ0) is 21.0. The standard InChI is InChI=1S/C19H27Cl2N3O4S/c1-2-14(23-5-3-4-6-23)13-22-19(25)15-11-18(17(21)12-16(15)20)29(26,27)24-7-9-28-10-8-24/h11-12,14H,2-10,13H2,1H3,(H,22,25). The fourth-order valence-electron chi connectivity index (χ4n) is 3.77. The van der Waals surface area contributed by atoms with E-state index in [0.29, 0.717) is 19.8 Å². The fourth-order valence-corrected chi connectivity index (χ4v) is 6.01. The highest BCUT2D eigenvalue weighted by Crippen LogP contribution is 2.31. The van der Waals surface area contributed by atoms with Gasteiger partial charge >= 0.3 is 0 Å². The minimum Gasteiger partial charge on any atom is -0.379 e. The second-order valence-electron chi connectivity index (χ2n) is 7.29. The summed E-state index contributed by atoms with van der Waals surface area (Å²) >= 11 is 12.4. The van der Waals surface area contributed by atoms with Crippen molar-refractivity contribution in [2.24, 2.45) is 0 Å². The molecule has 2 saturated heterocycles. The Balaban J connectivity index is 1.78. The number of ether oxygens (including phenoxy) is 1. The number of nitrogens with zero attached hydrogens (tertiary/aromatic N) is 2. The molecule has 1 atom stereocenters. The summed E-state index contributed by atoms with van der Waals surface area (Å²) in [5.41, 5.74) is 0.110. The average molecular weight is 464 g/mol. The van der Waals surface area contributed by atoms with Gasteiger partial charge in [-0.3, -0.25) is 9.69 Å². The van der Waals surface area contributed by atoms with Crippen LogP contribution in [0, 0.1) is 0 Å². The lowest BCUT2D eigenvalue weighted by Gasteiger charge is -2.27. The first kappa shape index (κ1) is 22.8. The van der Waals surface area contributed by atoms with Crippen molar-refractivity contribution in [2.75, 3.05) is 45.9 Å². The van der Waals surface area contributed by atoms with E-state index in [9.17, 15) is 13.2 Å². The van der Waals surface area contributed by atoms with Crippen molar-refractivity contribution in [3.63, 3.8) is 0 Å². The summed E-state index contributed by atoms with van der Waals surface area (Å²) in [5, 5.41) is 3.04. The summed E-state index contributed by atoms with van der Waals surface area (Å²) in [6.07, 6.45) is 3.28. The van der Waals surface area contributed by atoms with E-state index >= 15 is 0 Å². The molecule has 2 aliphatic rings. The summed E-state index contributed by atoms with van der Waals surface area (Å²) in [6, 6.07) is 2.86. The largest absolute Gasteiger partial charge is 0.379 e. The molecule has 3 rings (SSSR count). The number of nitrogens with one attached hydrogen (secondary N) is 1. The molecule has 1 aromatic rings. The third-order valence-corrected chi connectivity index (χ3v) is 8.16. The van der Waals surface area contributed by atoms with Gasteiger partial charge in [0.15, 0.2) is 0 Å². The van der Waals surface area contributed by atoms with E-state index in [0.717, 1.165) is 19.5 Å². The van der Waals surface area contributed by atoms with Gasteiger partial charge in [0.05, 0.1) is 28.8 Å². The highest BCUT2D eigenvalue weighted by Gasteiger charge is 2.30. The SMILES string of the molecule is CCC(CNC(=O)c1cc(S(=O)(=O)N2CCOCC2)c(Cl)cc1Cl)N1CCCC1. The maximum atomic E-state index is 13.0. The Labute approximate surface area is 182 Å². The summed E-state index contributed by atoms with van der Waals surface area (Å²) in [5.74, 6) is -0.400. The molecule has 0 aliphatic carbocycles. The summed E-state index contributed by atoms with van der Waals surface area (Å²) in [6.45, 7) is 5.81. The number of halogens is 2. The number of rotatable bonds is 7. The Bertz CT molecular complexity index is 838. The highest BCUT2D eigenvalue weighted by atomic mass is 35.5. The molecular formula is C19H27Cl2N3O4S. The molecule has 29 heavy (non-hydrogen) atoms. The predicted molar refractivity (Wildman–Crippen MR) is 113 cm³/mol. The number of likely N-dealkylation sites (tertiary alicyclic amines) is 1. The smallest absolute Gasteiger partial charge is 0.252 e. The first-order valence-electron chi connectivity index (χ1n) is 9.93. The van der Waals surface area contributed by atoms with Crippen molar-refractivity contribution >= 4 is 39.1 Å². The fraction of sp³-hybridized carbons (Fsp3) is 0.632. The van der Waals surface area contributed by atoms with Crippen LogP contribution in [0.4, 0.5) is 0 Å². The van der Waals surface area contributed by atoms with Gasteiger partial charge in [0, 0.05) is 25.7 Å². The van der Waals surface area contributed by atoms with Crippen LogP contribution in [-0.2, 0) is 14.8 Å². The Hall–Kier alpha value is -0.900. The summed E-state index contributed by atoms with van der Waals surface area (Å²) < 4.78 is 32.5. The summed E-state index contributed by atoms with van der Waals surface area (Å²) in [7, 11) is -3.84. The van der Waals surface area contributed by atoms with E-state index in [4.69, 9.17) is 27.9 Å². The molecule has 10 heteroatoms. The molecule has 2 heterocycles. The number of carbonyl (C=O) groups is 1. The maximum absolute atomic E-state index is 13.0. The van der Waals surface area contributed by atoms with Crippen molar-refractivity contribution in [2.45, 2.75) is 37.1 Å². The summed E-state index contributed by atoms with van der Waals surface area (Å²) in [4.78, 5) is 15.0. The Morgan fingerprint density at radius 3 is 2.41 bits per heavy atom. The number of sulfonamides is 1. The zero-order valence-corrected chi connectivity index (χ0v) is 18.8. The van der Waals surface area contributed by atoms with Crippen molar-refractivity contribution in [3.8, 4) is 0 Å². The van der Waals surface area contributed by atoms with Crippen LogP contribution in [0.1, 0.15) is 36.5 Å². The highest BCUT2D eigenvalue weighted by molar-refractivity contribution is 7.89. The molecule has 2 aliphatic heterocycles. The topological polar surface area (TPSA) is 79.0 Å². The van der Waals surface area contributed by atoms with Crippen LogP contribution in [0.2, 0.25) is 10.0 Å². The van der Waals surface area contributed by atoms with Gasteiger partial charge in [-0.15, -0.1) is 0 Å². The monoisotopic (exact) mass is 463 g/mol. The Morgan fingerprint density at radius 2 is 1.79 bits per heavy atom. The minimum atomic E-state index is -3.84. The van der Waals surface area contributed by atoms with Gasteiger partial charge in [-0.2, -0.15) is 4.31 Å². The molecule has 0 saturated carbocycles. The molecule has 0 aromatic heterocycles. The van der Waals surface area contributed by atoms with Crippen LogP contribution >= 0.6 is 23.2 Å². The van der Waals surface area contributed by atoms with Crippen LogP contribution in [0.3, 0.4) is 0 Å². The number of carbonyl (C=O) groups excluding carboxylic acids is 1. The molecule has 0 radical (unpaired) electrons. The number of hydrogen-bond donors (Lipinski definition) is 1. The van der Waals surface area contributed by atoms with E-state index in [1.54, 1.807) is 0 Å². The van der Waals surface area contributed by atoms with Crippen molar-refractivity contribution < 1.29 is 17.9 Å². The number of amides is 1. The maximum Gasteiger partial charge on any atom is 0.252 e. The van der Waals surface area contributed by atoms with E-state index in [-0.39, 0.29) is 39.6 Å². The number of hydrogen-bond acceptors (Lipinski definition) is 5. The van der Waals surface area contributed by atoms with Crippen LogP contribution in [-0.4, -0.2) is 75.5 Å². The Morgan fingerprint density at radius 1 is 1.14 bits per heavy atom. The van der Waals surface area contributed by atoms with Crippen molar-refractivity contribution in [1.29, 1.82) is 0 Å². The van der Waals surface area contributed by atoms with Crippen LogP contribution in [0.15, 0.2) is 17.0 Å². The van der Waals surface area contributed by atoms with E-state index < -0.39 is 15.9 Å². The molecular weight excluding hydrogens is 437 g/mol. The van der Waals surface area contributed by atoms with Gasteiger partial charge in [-0.05, 0) is 44.5 Å². The van der Waals surface area contributed by atoms with Crippen LogP contribution in [0.5, 0.6) is 0 Å². The van der Waals surface area contributed by atoms with Crippen LogP contribution in [0.25, 0.3) is 0 Å². The van der Waals surface area contributed by atoms with E-state index in [1.165, 1.54) is 29.3 Å². The molecule has 0 spiro atoms. The van der Waals surface area contributed by atoms with E-state index in [2.05, 4.69) is 17.1 Å². The lowest BCUT2D eigenvalue weighted by atomic mass is 10.1. The molecule has 1 unspecified atom stereocenters. The molecule has 1 N–H and O–H groups in total. The molecule has 162 valence electrons. The molecule has 2 fully saturated rings. The van der Waals surface area contributed by atoms with E-state index in [1.807, 2.05) is 0 Å². The van der Waals surface area contributed by atoms with Crippen molar-refractivity contribution in [3.05, 3.63) is 27.7 Å². The first-order valence-corrected chi connectivity index (χ1v) is 12.1. The van der Waals surface area contributed by atoms with Crippen molar-refractivity contribution in [1.82, 2.24) is 14.5 Å². The molecule has 1 amide bonds. The third-order valence-electron chi connectivity index (χ3n) is 5.48. The molecule has 1 aromatic carbocycles. The van der Waals surface area contributed by atoms with Gasteiger partial charge in [0.1, 0.15) is 4.90 Å². The van der Waals surface area contributed by atoms with Gasteiger partial charge in [-0.25, -0.2) is 8.42 Å². The normalized spacial score (nSPS) is 20.0. The quantitative estimate of drug-likeness (QED) is 0.671. The number of benzene rings is 1. The average Bonchev–Trinajstić information content (AvgIpc) is 3.23. The molecule has 7 nitrogen and oxygen atoms in total. The second kappa shape index (κ2) is 9.94. The first-order chi connectivity index (χ1) is 13.8. The zero-order valence-electron chi connectivity index (χ0n) is 16.5. The second-order valence-corrected chi connectivity index (χ2v) is 10.0. The lowest BCUT2D eigenvalue weighted by molar-refractivity contribution is 0.0730. The number of morpholine rings is 1. The lowest BCUT2D eigenvalue weighted by Crippen LogP contribution is -2.42. The Kier molecular flexibility index (Phi) is 7.81. The van der Waals surface area contributed by atoms with Gasteiger partial charge in [-0.1, -0.05) is 30.1 Å². The van der Waals surface area contributed by atoms with Gasteiger partial charge in [0.25, 0.3) is 5.91 Å². The van der Waals surface area contributed by atoms with Gasteiger partial charge < -0.3 is 10.1 Å². The predicted octanol–water partition coefficient (Wildman–Crippen LogP) is 2.62. The minimum absolute atomic E-state index is 0.00143.